The Morgan fingerprint density at radius 3 is 2.67 bits per heavy atom. The molecule has 1 fully saturated rings. The second-order valence-electron chi connectivity index (χ2n) is 6.18. The highest BCUT2D eigenvalue weighted by molar-refractivity contribution is 6.30. The quantitative estimate of drug-likeness (QED) is 0.728. The number of aromatic nitrogens is 1. The fraction of sp³-hybridized carbons (Fsp3) is 0.429. The predicted octanol–water partition coefficient (Wildman–Crippen LogP) is 4.17. The molecule has 1 atom stereocenters. The first-order chi connectivity index (χ1) is 15.4. The maximum Gasteiger partial charge on any atom is 0.303 e. The first kappa shape index (κ1) is 13.3. The van der Waals surface area contributed by atoms with Gasteiger partial charge in [0.05, 0.1) is 11.8 Å². The van der Waals surface area contributed by atoms with E-state index in [0.717, 1.165) is 10.5 Å². The molecule has 1 unspecified atom stereocenters. The lowest BCUT2D eigenvalue weighted by Crippen LogP contribution is -2.38. The molecule has 3 rings (SSSR count). The molecule has 0 radical (unpaired) electrons. The molecule has 2 aromatic rings. The summed E-state index contributed by atoms with van der Waals surface area (Å²) >= 11 is 6.01. The Hall–Kier alpha value is -1.95. The van der Waals surface area contributed by atoms with Crippen molar-refractivity contribution in [3.63, 3.8) is 0 Å². The van der Waals surface area contributed by atoms with Gasteiger partial charge in [-0.25, -0.2) is 0 Å². The summed E-state index contributed by atoms with van der Waals surface area (Å²) in [5.74, 6) is -2.05. The highest BCUT2D eigenvalue weighted by Gasteiger charge is 2.25. The van der Waals surface area contributed by atoms with E-state index in [0.29, 0.717) is 23.6 Å². The van der Waals surface area contributed by atoms with Gasteiger partial charge in [-0.3, -0.25) is 9.78 Å². The van der Waals surface area contributed by atoms with Crippen LogP contribution in [0.1, 0.15) is 51.2 Å². The number of carboxylic acids is 1. The van der Waals surface area contributed by atoms with E-state index in [9.17, 15) is 4.79 Å². The number of carboxylic acid groups (broad SMARTS) is 1. The van der Waals surface area contributed by atoms with Gasteiger partial charge in [-0.05, 0) is 55.5 Å². The summed E-state index contributed by atoms with van der Waals surface area (Å²) in [6, 6.07) is 12.7. The SMILES string of the molecule is [2H]C([2H])(C(=O)O)C([2H])([2H])C([2H])([2H])N1CCC(OC(c2ccc(Cl)cc2)c2ccccn2)CC1. The number of carbonyl (C=O) groups is 1. The summed E-state index contributed by atoms with van der Waals surface area (Å²) < 4.78 is 53.8. The molecule has 1 N–H and O–H groups in total. The fourth-order valence-corrected chi connectivity index (χ4v) is 3.07. The van der Waals surface area contributed by atoms with Crippen molar-refractivity contribution in [2.24, 2.45) is 0 Å². The molecule has 0 bridgehead atoms. The number of rotatable bonds is 8. The molecule has 6 heteroatoms. The summed E-state index contributed by atoms with van der Waals surface area (Å²) in [4.78, 5) is 16.8. The lowest BCUT2D eigenvalue weighted by molar-refractivity contribution is -0.137. The number of halogens is 1. The zero-order valence-corrected chi connectivity index (χ0v) is 15.4. The first-order valence-corrected chi connectivity index (χ1v) is 9.06. The number of pyridine rings is 1. The van der Waals surface area contributed by atoms with Crippen molar-refractivity contribution < 1.29 is 22.9 Å². The van der Waals surface area contributed by atoms with Crippen LogP contribution in [0.25, 0.3) is 0 Å². The molecular weight excluding hydrogens is 364 g/mol. The average Bonchev–Trinajstić information content (AvgIpc) is 2.78. The van der Waals surface area contributed by atoms with Gasteiger partial charge >= 0.3 is 5.97 Å². The summed E-state index contributed by atoms with van der Waals surface area (Å²) in [6.07, 6.45) is -5.09. The van der Waals surface area contributed by atoms with Crippen molar-refractivity contribution in [3.8, 4) is 0 Å². The molecule has 27 heavy (non-hydrogen) atoms. The molecule has 1 aromatic carbocycles. The normalized spacial score (nSPS) is 21.8. The van der Waals surface area contributed by atoms with Crippen LogP contribution in [0.2, 0.25) is 5.02 Å². The highest BCUT2D eigenvalue weighted by atomic mass is 35.5. The summed E-state index contributed by atoms with van der Waals surface area (Å²) in [6.45, 7) is -2.69. The molecule has 5 nitrogen and oxygen atoms in total. The molecule has 0 aliphatic carbocycles. The minimum atomic E-state index is -3.40. The molecule has 1 aliphatic rings. The number of hydrogen-bond donors (Lipinski definition) is 1. The van der Waals surface area contributed by atoms with Gasteiger partial charge in [0, 0.05) is 38.9 Å². The molecule has 1 saturated heterocycles. The third-order valence-electron chi connectivity index (χ3n) is 4.28. The van der Waals surface area contributed by atoms with E-state index in [2.05, 4.69) is 4.98 Å². The van der Waals surface area contributed by atoms with Gasteiger partial charge in [0.2, 0.25) is 0 Å². The van der Waals surface area contributed by atoms with Gasteiger partial charge in [0.15, 0.2) is 0 Å². The summed E-state index contributed by atoms with van der Waals surface area (Å²) in [5.41, 5.74) is 1.55. The first-order valence-electron chi connectivity index (χ1n) is 11.7. The van der Waals surface area contributed by atoms with Crippen LogP contribution < -0.4 is 0 Å². The van der Waals surface area contributed by atoms with Crippen LogP contribution in [0.5, 0.6) is 0 Å². The minimum Gasteiger partial charge on any atom is -0.481 e. The Morgan fingerprint density at radius 1 is 1.30 bits per heavy atom. The molecular formula is C21H25ClN2O3. The van der Waals surface area contributed by atoms with Crippen LogP contribution in [0, 0.1) is 0 Å². The molecule has 0 amide bonds. The van der Waals surface area contributed by atoms with E-state index >= 15 is 0 Å². The molecule has 1 aromatic heterocycles. The number of aliphatic carboxylic acids is 1. The van der Waals surface area contributed by atoms with E-state index in [-0.39, 0.29) is 19.2 Å². The Kier molecular flexibility index (Phi) is 4.83. The average molecular weight is 395 g/mol. The third kappa shape index (κ3) is 6.03. The van der Waals surface area contributed by atoms with Crippen molar-refractivity contribution in [1.82, 2.24) is 9.88 Å². The Bertz CT molecular complexity index is 954. The predicted molar refractivity (Wildman–Crippen MR) is 105 cm³/mol. The van der Waals surface area contributed by atoms with Crippen LogP contribution >= 0.6 is 11.6 Å². The number of piperidine rings is 1. The topological polar surface area (TPSA) is 62.7 Å². The fourth-order valence-electron chi connectivity index (χ4n) is 2.94. The van der Waals surface area contributed by atoms with Crippen molar-refractivity contribution in [2.75, 3.05) is 19.6 Å². The minimum absolute atomic E-state index is 0.0719. The highest BCUT2D eigenvalue weighted by Crippen LogP contribution is 2.29. The van der Waals surface area contributed by atoms with Crippen LogP contribution in [-0.4, -0.2) is 46.7 Å². The lowest BCUT2D eigenvalue weighted by Gasteiger charge is -2.34. The number of ether oxygens (including phenoxy) is 1. The van der Waals surface area contributed by atoms with Gasteiger partial charge in [0.25, 0.3) is 0 Å². The van der Waals surface area contributed by atoms with Gasteiger partial charge in [0.1, 0.15) is 6.10 Å². The molecule has 0 spiro atoms. The van der Waals surface area contributed by atoms with E-state index in [1.807, 2.05) is 24.3 Å². The Labute approximate surface area is 173 Å². The second kappa shape index (κ2) is 9.83. The Morgan fingerprint density at radius 2 is 2.04 bits per heavy atom. The number of nitrogens with zero attached hydrogens (tertiary/aromatic N) is 2. The number of likely N-dealkylation sites (tertiary alicyclic amines) is 1. The molecule has 2 heterocycles. The zero-order valence-electron chi connectivity index (χ0n) is 20.6. The van der Waals surface area contributed by atoms with Crippen molar-refractivity contribution in [1.29, 1.82) is 0 Å². The third-order valence-corrected chi connectivity index (χ3v) is 4.54. The van der Waals surface area contributed by atoms with E-state index in [1.54, 1.807) is 24.4 Å². The zero-order chi connectivity index (χ0) is 24.4. The smallest absolute Gasteiger partial charge is 0.303 e. The second-order valence-corrected chi connectivity index (χ2v) is 6.61. The van der Waals surface area contributed by atoms with Crippen LogP contribution in [0.3, 0.4) is 0 Å². The number of benzene rings is 1. The monoisotopic (exact) mass is 394 g/mol. The lowest BCUT2D eigenvalue weighted by atomic mass is 10.0. The largest absolute Gasteiger partial charge is 0.481 e. The van der Waals surface area contributed by atoms with Crippen molar-refractivity contribution >= 4 is 17.6 Å². The molecule has 0 saturated carbocycles. The van der Waals surface area contributed by atoms with Gasteiger partial charge < -0.3 is 14.7 Å². The van der Waals surface area contributed by atoms with Gasteiger partial charge in [-0.2, -0.15) is 0 Å². The van der Waals surface area contributed by atoms with E-state index < -0.39 is 31.3 Å². The molecule has 1 aliphatic heterocycles. The number of hydrogen-bond acceptors (Lipinski definition) is 4. The Balaban J connectivity index is 1.74. The van der Waals surface area contributed by atoms with Gasteiger partial charge in [-0.15, -0.1) is 0 Å². The summed E-state index contributed by atoms with van der Waals surface area (Å²) in [5, 5.41) is 9.67. The van der Waals surface area contributed by atoms with E-state index in [4.69, 9.17) is 29.7 Å². The van der Waals surface area contributed by atoms with Crippen LogP contribution in [0.4, 0.5) is 0 Å². The maximum atomic E-state index is 11.2. The van der Waals surface area contributed by atoms with Gasteiger partial charge in [-0.1, -0.05) is 29.8 Å². The van der Waals surface area contributed by atoms with Crippen molar-refractivity contribution in [2.45, 2.75) is 37.8 Å². The van der Waals surface area contributed by atoms with Crippen LogP contribution in [-0.2, 0) is 9.53 Å². The van der Waals surface area contributed by atoms with Crippen molar-refractivity contribution in [3.05, 3.63) is 64.9 Å². The summed E-state index contributed by atoms with van der Waals surface area (Å²) in [7, 11) is 0. The molecule has 144 valence electrons. The van der Waals surface area contributed by atoms with Crippen LogP contribution in [0.15, 0.2) is 48.7 Å². The standard InChI is InChI=1S/C21H25ClN2O3/c22-17-8-6-16(7-9-17)21(19-4-1-2-12-23-19)27-18-10-14-24(15-11-18)13-3-5-20(25)26/h1-2,4,6-9,12,18,21H,3,5,10-11,13-15H2,(H,25,26)/i3D2,5D2,13D2. The van der Waals surface area contributed by atoms with E-state index in [1.165, 1.54) is 0 Å². The maximum absolute atomic E-state index is 11.2.